The van der Waals surface area contributed by atoms with Crippen molar-refractivity contribution in [1.29, 1.82) is 0 Å². The van der Waals surface area contributed by atoms with Crippen LogP contribution in [0.4, 0.5) is 0 Å². The zero-order chi connectivity index (χ0) is 29.6. The third-order valence-corrected chi connectivity index (χ3v) is 20.8. The highest BCUT2D eigenvalue weighted by Gasteiger charge is 2.50. The SMILES string of the molecule is C=C1/C(=C/C=C2\CCC[C@]3(C)[C@@H]([C@H](C)CO)CC[C@@H]23)C[C@@H](O[Si](C)(C)C(C)(C)C)C[C@@H]1O[Si](C)(C)C(C)(C)C. The molecule has 0 amide bonds. The van der Waals surface area contributed by atoms with E-state index in [1.54, 1.807) is 5.57 Å². The zero-order valence-electron chi connectivity index (χ0n) is 27.7. The van der Waals surface area contributed by atoms with Gasteiger partial charge in [0.25, 0.3) is 0 Å². The van der Waals surface area contributed by atoms with Crippen LogP contribution in [0.3, 0.4) is 0 Å². The number of allylic oxidation sites excluding steroid dienone is 3. The van der Waals surface area contributed by atoms with Gasteiger partial charge in [-0.25, -0.2) is 0 Å². The maximum absolute atomic E-state index is 9.93. The van der Waals surface area contributed by atoms with Gasteiger partial charge in [-0.05, 0) is 109 Å². The Morgan fingerprint density at radius 1 is 1.00 bits per heavy atom. The number of fused-ring (bicyclic) bond motifs is 1. The minimum atomic E-state index is -1.96. The zero-order valence-corrected chi connectivity index (χ0v) is 29.7. The molecule has 3 saturated carbocycles. The molecule has 0 bridgehead atoms. The van der Waals surface area contributed by atoms with Crippen LogP contribution in [0.5, 0.6) is 0 Å². The van der Waals surface area contributed by atoms with Gasteiger partial charge in [-0.3, -0.25) is 0 Å². The van der Waals surface area contributed by atoms with Crippen molar-refractivity contribution in [2.75, 3.05) is 6.61 Å². The molecular formula is C34H62O3Si2. The topological polar surface area (TPSA) is 38.7 Å². The summed E-state index contributed by atoms with van der Waals surface area (Å²) in [6.45, 7) is 33.1. The molecule has 6 atom stereocenters. The van der Waals surface area contributed by atoms with Crippen LogP contribution in [-0.4, -0.2) is 40.6 Å². The Kier molecular flexibility index (Phi) is 9.88. The third-order valence-electron chi connectivity index (χ3n) is 11.7. The molecule has 3 fully saturated rings. The van der Waals surface area contributed by atoms with Crippen LogP contribution in [0, 0.1) is 23.2 Å². The Bertz CT molecular complexity index is 948. The molecule has 0 saturated heterocycles. The van der Waals surface area contributed by atoms with Crippen molar-refractivity contribution < 1.29 is 14.0 Å². The van der Waals surface area contributed by atoms with E-state index >= 15 is 0 Å². The van der Waals surface area contributed by atoms with Gasteiger partial charge in [0.2, 0.25) is 0 Å². The highest BCUT2D eigenvalue weighted by atomic mass is 28.4. The van der Waals surface area contributed by atoms with Crippen molar-refractivity contribution in [3.05, 3.63) is 35.5 Å². The molecule has 0 aromatic carbocycles. The summed E-state index contributed by atoms with van der Waals surface area (Å²) in [7, 11) is -3.87. The van der Waals surface area contributed by atoms with Crippen molar-refractivity contribution in [2.24, 2.45) is 23.2 Å². The predicted molar refractivity (Wildman–Crippen MR) is 173 cm³/mol. The molecule has 0 aliphatic heterocycles. The van der Waals surface area contributed by atoms with Crippen molar-refractivity contribution >= 4 is 16.6 Å². The highest BCUT2D eigenvalue weighted by molar-refractivity contribution is 6.74. The van der Waals surface area contributed by atoms with Gasteiger partial charge in [-0.2, -0.15) is 0 Å². The van der Waals surface area contributed by atoms with Gasteiger partial charge in [0.15, 0.2) is 16.6 Å². The lowest BCUT2D eigenvalue weighted by molar-refractivity contribution is 0.0690. The first-order valence-electron chi connectivity index (χ1n) is 15.8. The van der Waals surface area contributed by atoms with Crippen molar-refractivity contribution in [3.8, 4) is 0 Å². The summed E-state index contributed by atoms with van der Waals surface area (Å²) < 4.78 is 14.1. The van der Waals surface area contributed by atoms with Crippen LogP contribution in [0.1, 0.15) is 100 Å². The molecule has 0 unspecified atom stereocenters. The summed E-state index contributed by atoms with van der Waals surface area (Å²) in [6, 6.07) is 0. The molecular weight excluding hydrogens is 513 g/mol. The third kappa shape index (κ3) is 6.96. The summed E-state index contributed by atoms with van der Waals surface area (Å²) in [5.74, 6) is 1.65. The minimum absolute atomic E-state index is 0.0250. The number of aliphatic hydroxyl groups excluding tert-OH is 1. The smallest absolute Gasteiger partial charge is 0.192 e. The van der Waals surface area contributed by atoms with E-state index in [2.05, 4.69) is 100 Å². The lowest BCUT2D eigenvalue weighted by Crippen LogP contribution is -2.49. The maximum Gasteiger partial charge on any atom is 0.192 e. The first-order valence-corrected chi connectivity index (χ1v) is 21.6. The second-order valence-electron chi connectivity index (χ2n) is 16.5. The molecule has 3 rings (SSSR count). The molecule has 1 N–H and O–H groups in total. The van der Waals surface area contributed by atoms with E-state index in [0.717, 1.165) is 12.8 Å². The van der Waals surface area contributed by atoms with Crippen molar-refractivity contribution in [1.82, 2.24) is 0 Å². The minimum Gasteiger partial charge on any atom is -0.413 e. The van der Waals surface area contributed by atoms with E-state index in [0.29, 0.717) is 29.8 Å². The molecule has 0 spiro atoms. The van der Waals surface area contributed by atoms with E-state index in [1.165, 1.54) is 43.3 Å². The Morgan fingerprint density at radius 3 is 2.15 bits per heavy atom. The fraction of sp³-hybridized carbons (Fsp3) is 0.824. The van der Waals surface area contributed by atoms with Crippen molar-refractivity contribution in [2.45, 2.75) is 149 Å². The quantitative estimate of drug-likeness (QED) is 0.308. The molecule has 39 heavy (non-hydrogen) atoms. The highest BCUT2D eigenvalue weighted by Crippen LogP contribution is 2.59. The second-order valence-corrected chi connectivity index (χ2v) is 26.0. The molecule has 0 radical (unpaired) electrons. The average Bonchev–Trinajstić information content (AvgIpc) is 3.15. The first-order chi connectivity index (χ1) is 17.7. The van der Waals surface area contributed by atoms with E-state index in [-0.39, 0.29) is 22.3 Å². The summed E-state index contributed by atoms with van der Waals surface area (Å²) in [6.07, 6.45) is 13.2. The van der Waals surface area contributed by atoms with Gasteiger partial charge < -0.3 is 14.0 Å². The van der Waals surface area contributed by atoms with Gasteiger partial charge in [-0.1, -0.05) is 79.7 Å². The molecule has 5 heteroatoms. The van der Waals surface area contributed by atoms with E-state index in [1.807, 2.05) is 0 Å². The van der Waals surface area contributed by atoms with Gasteiger partial charge in [-0.15, -0.1) is 0 Å². The summed E-state index contributed by atoms with van der Waals surface area (Å²) in [4.78, 5) is 0. The molecule has 0 heterocycles. The van der Waals surface area contributed by atoms with E-state index < -0.39 is 16.6 Å². The van der Waals surface area contributed by atoms with Crippen LogP contribution in [0.15, 0.2) is 35.5 Å². The Balaban J connectivity index is 1.93. The Morgan fingerprint density at radius 2 is 1.59 bits per heavy atom. The largest absolute Gasteiger partial charge is 0.413 e. The Labute approximate surface area is 244 Å². The standard InChI is InChI=1S/C34H62O3Si2/c1-24(23-35)29-18-19-30-26(15-14-20-34(29,30)9)16-17-27-21-28(36-38(10,11)32(3,4)5)22-31(25(27)2)37-39(12,13)33(6,7)8/h16-17,24,28-31,35H,2,14-15,18-23H2,1,3-13H3/b26-16+,27-17+/t24-,28-,29-,30+,31+,34-/m1/s1. The molecule has 0 aromatic rings. The van der Waals surface area contributed by atoms with E-state index in [9.17, 15) is 5.11 Å². The summed E-state index contributed by atoms with van der Waals surface area (Å²) in [5, 5.41) is 10.3. The predicted octanol–water partition coefficient (Wildman–Crippen LogP) is 9.81. The van der Waals surface area contributed by atoms with Crippen LogP contribution in [-0.2, 0) is 8.85 Å². The fourth-order valence-electron chi connectivity index (χ4n) is 7.11. The molecule has 3 nitrogen and oxygen atoms in total. The van der Waals surface area contributed by atoms with Crippen LogP contribution in [0.25, 0.3) is 0 Å². The van der Waals surface area contributed by atoms with Gasteiger partial charge >= 0.3 is 0 Å². The maximum atomic E-state index is 9.93. The normalized spacial score (nSPS) is 34.0. The number of aliphatic hydroxyl groups is 1. The van der Waals surface area contributed by atoms with Crippen molar-refractivity contribution in [3.63, 3.8) is 0 Å². The fourth-order valence-corrected chi connectivity index (χ4v) is 9.78. The first kappa shape index (κ1) is 33.0. The lowest BCUT2D eigenvalue weighted by Gasteiger charge is -2.45. The molecule has 224 valence electrons. The van der Waals surface area contributed by atoms with Gasteiger partial charge in [0.05, 0.1) is 12.2 Å². The number of hydrogen-bond acceptors (Lipinski definition) is 3. The van der Waals surface area contributed by atoms with Crippen LogP contribution < -0.4 is 0 Å². The summed E-state index contributed by atoms with van der Waals surface area (Å²) in [5.41, 5.74) is 4.43. The van der Waals surface area contributed by atoms with Crippen LogP contribution in [0.2, 0.25) is 36.3 Å². The summed E-state index contributed by atoms with van der Waals surface area (Å²) >= 11 is 0. The van der Waals surface area contributed by atoms with E-state index in [4.69, 9.17) is 8.85 Å². The number of hydrogen-bond donors (Lipinski definition) is 1. The monoisotopic (exact) mass is 574 g/mol. The van der Waals surface area contributed by atoms with Gasteiger partial charge in [0, 0.05) is 13.0 Å². The van der Waals surface area contributed by atoms with Gasteiger partial charge in [0.1, 0.15) is 0 Å². The number of rotatable bonds is 7. The average molecular weight is 575 g/mol. The lowest BCUT2D eigenvalue weighted by atomic mass is 9.61. The molecule has 0 aromatic heterocycles. The molecule has 3 aliphatic carbocycles. The second kappa shape index (κ2) is 11.7. The molecule has 3 aliphatic rings. The van der Waals surface area contributed by atoms with Crippen LogP contribution >= 0.6 is 0 Å². The Hall–Kier alpha value is -0.466.